The van der Waals surface area contributed by atoms with Crippen molar-refractivity contribution in [1.29, 1.82) is 0 Å². The third-order valence-electron chi connectivity index (χ3n) is 1.11. The van der Waals surface area contributed by atoms with Crippen molar-refractivity contribution >= 4 is 23.6 Å². The standard InChI is InChI=1S/C6H9F2NO3S/c1-9-4(10)2-13-3-6(7,8)5(11)12/h2-3H2,1H3,(H,9,10)(H,11,12). The van der Waals surface area contributed by atoms with Crippen LogP contribution in [0.15, 0.2) is 0 Å². The van der Waals surface area contributed by atoms with Crippen molar-refractivity contribution in [2.75, 3.05) is 18.6 Å². The number of carboxylic acid groups (broad SMARTS) is 1. The third-order valence-corrected chi connectivity index (χ3v) is 2.14. The van der Waals surface area contributed by atoms with Crippen molar-refractivity contribution in [2.45, 2.75) is 5.92 Å². The smallest absolute Gasteiger partial charge is 0.375 e. The van der Waals surface area contributed by atoms with Crippen LogP contribution >= 0.6 is 11.8 Å². The summed E-state index contributed by atoms with van der Waals surface area (Å²) in [7, 11) is 1.37. The molecule has 0 aromatic carbocycles. The molecule has 0 aliphatic rings. The maximum Gasteiger partial charge on any atom is 0.375 e. The molecule has 0 fully saturated rings. The van der Waals surface area contributed by atoms with Crippen LogP contribution in [0.3, 0.4) is 0 Å². The zero-order valence-corrected chi connectivity index (χ0v) is 7.66. The minimum absolute atomic E-state index is 0.167. The predicted molar refractivity (Wildman–Crippen MR) is 44.0 cm³/mol. The second kappa shape index (κ2) is 5.00. The number of hydrogen-bond acceptors (Lipinski definition) is 3. The van der Waals surface area contributed by atoms with Gasteiger partial charge in [-0.15, -0.1) is 11.8 Å². The topological polar surface area (TPSA) is 66.4 Å². The van der Waals surface area contributed by atoms with Crippen LogP contribution in [-0.4, -0.2) is 41.5 Å². The normalized spacial score (nSPS) is 11.0. The molecular weight excluding hydrogens is 204 g/mol. The molecule has 7 heteroatoms. The molecule has 4 nitrogen and oxygen atoms in total. The highest BCUT2D eigenvalue weighted by Gasteiger charge is 2.38. The molecule has 0 spiro atoms. The number of rotatable bonds is 5. The van der Waals surface area contributed by atoms with Crippen LogP contribution in [-0.2, 0) is 9.59 Å². The van der Waals surface area contributed by atoms with Crippen molar-refractivity contribution < 1.29 is 23.5 Å². The van der Waals surface area contributed by atoms with Gasteiger partial charge in [0.15, 0.2) is 0 Å². The van der Waals surface area contributed by atoms with E-state index in [0.29, 0.717) is 11.8 Å². The molecule has 1 amide bonds. The summed E-state index contributed by atoms with van der Waals surface area (Å²) in [4.78, 5) is 20.4. The molecule has 0 heterocycles. The molecule has 0 saturated carbocycles. The number of carbonyl (C=O) groups excluding carboxylic acids is 1. The molecular formula is C6H9F2NO3S. The Bertz CT molecular complexity index is 210. The molecule has 0 atom stereocenters. The van der Waals surface area contributed by atoms with E-state index in [1.807, 2.05) is 0 Å². The summed E-state index contributed by atoms with van der Waals surface area (Å²) in [5.74, 6) is -7.41. The second-order valence-electron chi connectivity index (χ2n) is 2.18. The summed E-state index contributed by atoms with van der Waals surface area (Å²) in [6.07, 6.45) is 0. The van der Waals surface area contributed by atoms with Crippen LogP contribution in [0.1, 0.15) is 0 Å². The fourth-order valence-corrected chi connectivity index (χ4v) is 1.22. The molecule has 0 bridgehead atoms. The minimum atomic E-state index is -3.77. The van der Waals surface area contributed by atoms with Crippen molar-refractivity contribution in [3.8, 4) is 0 Å². The lowest BCUT2D eigenvalue weighted by atomic mass is 10.4. The Balaban J connectivity index is 3.76. The summed E-state index contributed by atoms with van der Waals surface area (Å²) in [5.41, 5.74) is 0. The number of carbonyl (C=O) groups is 2. The molecule has 0 aromatic rings. The largest absolute Gasteiger partial charge is 0.477 e. The zero-order chi connectivity index (χ0) is 10.5. The number of hydrogen-bond donors (Lipinski definition) is 2. The first-order chi connectivity index (χ1) is 5.90. The first-order valence-corrected chi connectivity index (χ1v) is 4.45. The number of aliphatic carboxylic acids is 1. The van der Waals surface area contributed by atoms with Gasteiger partial charge in [-0.3, -0.25) is 4.79 Å². The van der Waals surface area contributed by atoms with Gasteiger partial charge in [-0.2, -0.15) is 8.78 Å². The highest BCUT2D eigenvalue weighted by Crippen LogP contribution is 2.19. The average molecular weight is 213 g/mol. The number of alkyl halides is 2. The third kappa shape index (κ3) is 4.66. The van der Waals surface area contributed by atoms with E-state index in [2.05, 4.69) is 5.32 Å². The number of carboxylic acids is 1. The minimum Gasteiger partial charge on any atom is -0.477 e. The van der Waals surface area contributed by atoms with Gasteiger partial charge in [0.1, 0.15) is 0 Å². The highest BCUT2D eigenvalue weighted by molar-refractivity contribution is 8.00. The van der Waals surface area contributed by atoms with Gasteiger partial charge in [0.05, 0.1) is 11.5 Å². The molecule has 0 aromatic heterocycles. The fourth-order valence-electron chi connectivity index (χ4n) is 0.406. The molecule has 2 N–H and O–H groups in total. The molecule has 13 heavy (non-hydrogen) atoms. The summed E-state index contributed by atoms with van der Waals surface area (Å²) in [6, 6.07) is 0. The fraction of sp³-hybridized carbons (Fsp3) is 0.667. The Morgan fingerprint density at radius 2 is 2.08 bits per heavy atom. The van der Waals surface area contributed by atoms with Gasteiger partial charge in [0.2, 0.25) is 5.91 Å². The van der Waals surface area contributed by atoms with E-state index in [4.69, 9.17) is 5.11 Å². The van der Waals surface area contributed by atoms with Gasteiger partial charge in [-0.25, -0.2) is 4.79 Å². The number of halogens is 2. The van der Waals surface area contributed by atoms with E-state index >= 15 is 0 Å². The van der Waals surface area contributed by atoms with Crippen LogP contribution in [0.2, 0.25) is 0 Å². The van der Waals surface area contributed by atoms with E-state index in [1.165, 1.54) is 7.05 Å². The van der Waals surface area contributed by atoms with Gasteiger partial charge in [0.25, 0.3) is 0 Å². The van der Waals surface area contributed by atoms with E-state index in [1.54, 1.807) is 0 Å². The van der Waals surface area contributed by atoms with E-state index < -0.39 is 23.6 Å². The van der Waals surface area contributed by atoms with Gasteiger partial charge >= 0.3 is 11.9 Å². The van der Waals surface area contributed by atoms with E-state index in [0.717, 1.165) is 0 Å². The molecule has 0 radical (unpaired) electrons. The molecule has 0 unspecified atom stereocenters. The molecule has 0 aliphatic heterocycles. The lowest BCUT2D eigenvalue weighted by molar-refractivity contribution is -0.161. The molecule has 0 saturated heterocycles. The SMILES string of the molecule is CNC(=O)CSCC(F)(F)C(=O)O. The summed E-state index contributed by atoms with van der Waals surface area (Å²) >= 11 is 0.578. The Kier molecular flexibility index (Phi) is 4.68. The van der Waals surface area contributed by atoms with Gasteiger partial charge in [-0.1, -0.05) is 0 Å². The maximum absolute atomic E-state index is 12.3. The number of nitrogens with one attached hydrogen (secondary N) is 1. The zero-order valence-electron chi connectivity index (χ0n) is 6.84. The Labute approximate surface area is 77.7 Å². The monoisotopic (exact) mass is 213 g/mol. The summed E-state index contributed by atoms with van der Waals surface area (Å²) < 4.78 is 24.7. The average Bonchev–Trinajstić information content (AvgIpc) is 2.03. The van der Waals surface area contributed by atoms with Gasteiger partial charge in [0, 0.05) is 7.05 Å². The molecule has 0 aliphatic carbocycles. The highest BCUT2D eigenvalue weighted by atomic mass is 32.2. The van der Waals surface area contributed by atoms with Crippen molar-refractivity contribution in [3.05, 3.63) is 0 Å². The van der Waals surface area contributed by atoms with Crippen molar-refractivity contribution in [2.24, 2.45) is 0 Å². The van der Waals surface area contributed by atoms with Gasteiger partial charge < -0.3 is 10.4 Å². The number of thioether (sulfide) groups is 1. The predicted octanol–water partition coefficient (Wildman–Crippen LogP) is 0.185. The quantitative estimate of drug-likeness (QED) is 0.684. The van der Waals surface area contributed by atoms with Crippen LogP contribution in [0, 0.1) is 0 Å². The lowest BCUT2D eigenvalue weighted by Gasteiger charge is -2.09. The first-order valence-electron chi connectivity index (χ1n) is 3.29. The maximum atomic E-state index is 12.3. The van der Waals surface area contributed by atoms with Crippen molar-refractivity contribution in [1.82, 2.24) is 5.32 Å². The Morgan fingerprint density at radius 3 is 2.46 bits per heavy atom. The van der Waals surface area contributed by atoms with E-state index in [-0.39, 0.29) is 5.75 Å². The Hall–Kier alpha value is -0.850. The van der Waals surface area contributed by atoms with Crippen LogP contribution < -0.4 is 5.32 Å². The lowest BCUT2D eigenvalue weighted by Crippen LogP contribution is -2.32. The van der Waals surface area contributed by atoms with Crippen molar-refractivity contribution in [3.63, 3.8) is 0 Å². The van der Waals surface area contributed by atoms with E-state index in [9.17, 15) is 18.4 Å². The van der Waals surface area contributed by atoms with Crippen LogP contribution in [0.4, 0.5) is 8.78 Å². The van der Waals surface area contributed by atoms with Crippen LogP contribution in [0.25, 0.3) is 0 Å². The van der Waals surface area contributed by atoms with Gasteiger partial charge in [-0.05, 0) is 0 Å². The second-order valence-corrected chi connectivity index (χ2v) is 3.16. The van der Waals surface area contributed by atoms with Crippen LogP contribution in [0.5, 0.6) is 0 Å². The summed E-state index contributed by atoms with van der Waals surface area (Å²) in [6.45, 7) is 0. The summed E-state index contributed by atoms with van der Waals surface area (Å²) in [5, 5.41) is 10.2. The molecule has 0 rings (SSSR count). The first kappa shape index (κ1) is 12.2. The number of amides is 1. The molecule has 76 valence electrons. The Morgan fingerprint density at radius 1 is 1.54 bits per heavy atom.